The van der Waals surface area contributed by atoms with Crippen molar-refractivity contribution < 1.29 is 113 Å². The molecule has 0 aliphatic rings. The zero-order chi connectivity index (χ0) is 77.3. The number of para-hydroxylation sites is 2. The first kappa shape index (κ1) is 89.2. The van der Waals surface area contributed by atoms with Gasteiger partial charge in [0.05, 0.1) is 144 Å². The Balaban J connectivity index is 0.000000419. The van der Waals surface area contributed by atoms with E-state index in [9.17, 15) is 34.2 Å². The van der Waals surface area contributed by atoms with Crippen LogP contribution in [0.5, 0.6) is 0 Å². The number of amides is 1. The van der Waals surface area contributed by atoms with Gasteiger partial charge in [-0.15, -0.1) is 0 Å². The zero-order valence-electron chi connectivity index (χ0n) is 63.2. The second-order valence-electron chi connectivity index (χ2n) is 25.1. The van der Waals surface area contributed by atoms with E-state index in [1.165, 1.54) is 0 Å². The number of hydrogen-bond donors (Lipinski definition) is 8. The summed E-state index contributed by atoms with van der Waals surface area (Å²) in [4.78, 5) is 73.8. The van der Waals surface area contributed by atoms with Gasteiger partial charge >= 0.3 is 23.9 Å². The molecule has 0 bridgehead atoms. The molecule has 4 aromatic heterocycles. The summed E-state index contributed by atoms with van der Waals surface area (Å²) < 4.78 is 77.3. The van der Waals surface area contributed by atoms with Crippen LogP contribution >= 0.6 is 0 Å². The van der Waals surface area contributed by atoms with Gasteiger partial charge in [-0.2, -0.15) is 0 Å². The monoisotopic (exact) mass is 1470 g/mol. The van der Waals surface area contributed by atoms with Gasteiger partial charge in [0.2, 0.25) is 5.91 Å². The van der Waals surface area contributed by atoms with Crippen LogP contribution in [0.4, 0.5) is 11.6 Å². The van der Waals surface area contributed by atoms with Crippen molar-refractivity contribution in [3.63, 3.8) is 0 Å². The van der Waals surface area contributed by atoms with Gasteiger partial charge in [-0.1, -0.05) is 50.2 Å². The number of carboxylic acid groups (broad SMARTS) is 4. The Kier molecular flexibility index (Phi) is 44.5. The molecule has 9 N–H and O–H groups in total. The van der Waals surface area contributed by atoms with Gasteiger partial charge in [0.15, 0.2) is 11.6 Å². The third-order valence-electron chi connectivity index (χ3n) is 14.7. The number of pyridine rings is 2. The molecule has 0 atom stereocenters. The lowest BCUT2D eigenvalue weighted by molar-refractivity contribution is -0.138. The first-order valence-electron chi connectivity index (χ1n) is 36.2. The number of benzene rings is 2. The fraction of sp³-hybridized carbons (Fsp3) is 0.658. The Bertz CT molecular complexity index is 3310. The van der Waals surface area contributed by atoms with Crippen LogP contribution < -0.4 is 11.1 Å². The second kappa shape index (κ2) is 51.9. The maximum absolute atomic E-state index is 12.7. The van der Waals surface area contributed by atoms with Gasteiger partial charge in [0.25, 0.3) is 0 Å². The predicted molar refractivity (Wildman–Crippen MR) is 391 cm³/mol. The van der Waals surface area contributed by atoms with E-state index in [-0.39, 0.29) is 111 Å². The minimum absolute atomic E-state index is 0.0196. The number of nitrogens with one attached hydrogen (secondary N) is 1. The number of aliphatic hydroxyl groups is 2. The van der Waals surface area contributed by atoms with Gasteiger partial charge in [0, 0.05) is 97.1 Å². The highest BCUT2D eigenvalue weighted by atomic mass is 16.6. The third kappa shape index (κ3) is 37.2. The van der Waals surface area contributed by atoms with Crippen molar-refractivity contribution in [1.29, 1.82) is 0 Å². The molecule has 31 heteroatoms. The molecule has 0 fully saturated rings. The molecule has 0 aliphatic heterocycles. The van der Waals surface area contributed by atoms with Crippen molar-refractivity contribution in [1.82, 2.24) is 29.1 Å². The van der Waals surface area contributed by atoms with Crippen LogP contribution in [-0.4, -0.2) is 246 Å². The molecule has 104 heavy (non-hydrogen) atoms. The number of anilines is 2. The SMILES string of the molecule is CCOCCOCCCC(=O)Nc1nc2ccccc2c2c1nc(COCC)n2CC(C)(C)O.CCOCc1nc2c(N)nc3ccccc3c2n1CC(C)(C)O.O=C(O)CCCOCCOCC(COCCOCCCC(=O)O)(COCCOCCCC(=O)O)COCCOCCCC(=O)O.[2H]CC. The third-order valence-corrected chi connectivity index (χ3v) is 14.7. The maximum atomic E-state index is 12.7. The number of nitrogen functional groups attached to an aromatic ring is 1. The number of nitrogens with zero attached hydrogens (tertiary/aromatic N) is 6. The minimum Gasteiger partial charge on any atom is -0.481 e. The van der Waals surface area contributed by atoms with Gasteiger partial charge in [0.1, 0.15) is 35.9 Å². The smallest absolute Gasteiger partial charge is 0.303 e. The summed E-state index contributed by atoms with van der Waals surface area (Å²) in [6, 6.07) is 15.5. The molecule has 6 aromatic rings. The molecule has 0 aliphatic carbocycles. The fourth-order valence-electron chi connectivity index (χ4n) is 10.1. The fourth-order valence-corrected chi connectivity index (χ4v) is 10.1. The quantitative estimate of drug-likeness (QED) is 0.0165. The Hall–Kier alpha value is -7.21. The molecule has 586 valence electrons. The average molecular weight is 1470 g/mol. The number of carbonyl (C=O) groups is 5. The molecule has 4 heterocycles. The van der Waals surface area contributed by atoms with Gasteiger partial charge < -0.3 is 108 Å². The highest BCUT2D eigenvalue weighted by molar-refractivity contribution is 6.10. The lowest BCUT2D eigenvalue weighted by Crippen LogP contribution is -2.42. The van der Waals surface area contributed by atoms with E-state index < -0.39 is 40.5 Å². The van der Waals surface area contributed by atoms with E-state index >= 15 is 0 Å². The Morgan fingerprint density at radius 1 is 0.452 bits per heavy atom. The van der Waals surface area contributed by atoms with Crippen LogP contribution in [0.2, 0.25) is 0 Å². The molecule has 0 radical (unpaired) electrons. The number of nitrogens with two attached hydrogens (primary N) is 1. The standard InChI is InChI=1S/C29H52O16.C25H36N4O5.C17H22N4O2.C2H6/c30-25(31)5-1-9-38-13-17-42-21-29(22-43-18-14-39-10-2-6-26(32)33,23-44-19-15-40-11-3-7-27(34)35)24-45-20-16-41-12-4-8-28(36)37;1-5-32-14-15-34-13-9-12-21(30)28-24-22-23(18-10-7-8-11-19(18)26-24)29(17-25(3,4)31)20(27-22)16-33-6-2;1-4-23-9-13-20-14-15(21(13)10-17(2,3)22)11-7-5-6-8-12(11)19-16(14)18;1-2/h1-24H2,(H,30,31)(H,32,33)(H,34,35)(H,36,37);7-8,10-11,31H,5-6,9,12-17H2,1-4H3,(H,26,28,30);5-8,22H,4,9-10H2,1-3H3,(H2,18,19);1-2H3/i;;;1D. The summed E-state index contributed by atoms with van der Waals surface area (Å²) in [7, 11) is 0. The summed E-state index contributed by atoms with van der Waals surface area (Å²) in [5.74, 6) is -1.48. The lowest BCUT2D eigenvalue weighted by atomic mass is 9.92. The van der Waals surface area contributed by atoms with E-state index in [0.717, 1.165) is 38.7 Å². The predicted octanol–water partition coefficient (Wildman–Crippen LogP) is 8.73. The normalized spacial score (nSPS) is 11.8. The van der Waals surface area contributed by atoms with Gasteiger partial charge in [-0.05, 0) is 92.7 Å². The Morgan fingerprint density at radius 3 is 1.12 bits per heavy atom. The lowest BCUT2D eigenvalue weighted by Gasteiger charge is -2.33. The molecular formula is C73H116N8O23. The maximum Gasteiger partial charge on any atom is 0.303 e. The second-order valence-corrected chi connectivity index (χ2v) is 25.1. The molecule has 6 rings (SSSR count). The highest BCUT2D eigenvalue weighted by Gasteiger charge is 2.33. The number of carboxylic acids is 4. The van der Waals surface area contributed by atoms with Crippen LogP contribution in [0, 0.1) is 5.41 Å². The number of fused-ring (bicyclic) bond motifs is 6. The highest BCUT2D eigenvalue weighted by Crippen LogP contribution is 2.33. The van der Waals surface area contributed by atoms with E-state index in [2.05, 4.69) is 15.3 Å². The number of carbonyl (C=O) groups excluding carboxylic acids is 1. The Morgan fingerprint density at radius 2 is 0.769 bits per heavy atom. The molecule has 0 saturated heterocycles. The first-order valence-corrected chi connectivity index (χ1v) is 35.5. The molecule has 0 saturated carbocycles. The number of rotatable bonds is 55. The number of ether oxygens (including phenoxy) is 12. The molecule has 31 nitrogen and oxygen atoms in total. The summed E-state index contributed by atoms with van der Waals surface area (Å²) in [6.45, 7) is 23.8. The zero-order valence-corrected chi connectivity index (χ0v) is 62.2. The van der Waals surface area contributed by atoms with Crippen LogP contribution in [0.15, 0.2) is 48.5 Å². The van der Waals surface area contributed by atoms with Crippen molar-refractivity contribution >= 4 is 85.3 Å². The summed E-state index contributed by atoms with van der Waals surface area (Å²) in [6.07, 6.45) is 2.55. The van der Waals surface area contributed by atoms with Crippen molar-refractivity contribution in [2.24, 2.45) is 5.41 Å². The molecule has 0 unspecified atom stereocenters. The van der Waals surface area contributed by atoms with Crippen molar-refractivity contribution in [2.45, 2.75) is 164 Å². The van der Waals surface area contributed by atoms with Crippen LogP contribution in [0.25, 0.3) is 43.9 Å². The topological polar surface area (TPSA) is 417 Å². The molecule has 0 spiro atoms. The van der Waals surface area contributed by atoms with E-state index in [1.54, 1.807) is 34.6 Å². The van der Waals surface area contributed by atoms with Crippen molar-refractivity contribution in [2.75, 3.05) is 156 Å². The number of aromatic nitrogens is 6. The van der Waals surface area contributed by atoms with Crippen LogP contribution in [-0.2, 0) is 107 Å². The average Bonchev–Trinajstić information content (AvgIpc) is 1.62. The summed E-state index contributed by atoms with van der Waals surface area (Å²) in [5, 5.41) is 60.6. The van der Waals surface area contributed by atoms with E-state index in [1.807, 2.05) is 78.4 Å². The van der Waals surface area contributed by atoms with E-state index in [0.29, 0.717) is 166 Å². The summed E-state index contributed by atoms with van der Waals surface area (Å²) >= 11 is 0. The van der Waals surface area contributed by atoms with Gasteiger partial charge in [-0.3, -0.25) is 24.0 Å². The summed E-state index contributed by atoms with van der Waals surface area (Å²) in [5.41, 5.74) is 8.00. The Labute approximate surface area is 611 Å². The molecular weight excluding hydrogens is 1360 g/mol. The van der Waals surface area contributed by atoms with Crippen LogP contribution in [0.3, 0.4) is 0 Å². The van der Waals surface area contributed by atoms with Crippen molar-refractivity contribution in [3.8, 4) is 0 Å². The first-order chi connectivity index (χ1) is 50.3. The number of imidazole rings is 2. The molecule has 2 aromatic carbocycles. The minimum atomic E-state index is -0.968. The largest absolute Gasteiger partial charge is 0.481 e. The number of aliphatic carboxylic acids is 4. The van der Waals surface area contributed by atoms with E-state index in [4.69, 9.17) is 94.3 Å². The molecule has 1 amide bonds. The number of hydrogen-bond acceptors (Lipinski definition) is 24. The van der Waals surface area contributed by atoms with Crippen molar-refractivity contribution in [3.05, 3.63) is 60.2 Å². The van der Waals surface area contributed by atoms with Crippen LogP contribution in [0.1, 0.15) is 140 Å². The van der Waals surface area contributed by atoms with Gasteiger partial charge in [-0.25, -0.2) is 19.9 Å².